The maximum atomic E-state index is 14.1. The van der Waals surface area contributed by atoms with E-state index in [0.29, 0.717) is 63.9 Å². The molecule has 0 aromatic heterocycles. The third kappa shape index (κ3) is 28.1. The predicted octanol–water partition coefficient (Wildman–Crippen LogP) is 3.63. The number of hydrogen-bond acceptors (Lipinski definition) is 12. The molecular formula is C46H70F4N10O12. The third-order valence-electron chi connectivity index (χ3n) is 11.9. The number of carbonyl (C=O) groups excluding carboxylic acids is 4. The van der Waals surface area contributed by atoms with Crippen molar-refractivity contribution in [2.45, 2.75) is 121 Å². The zero-order valence-electron chi connectivity index (χ0n) is 40.5. The Balaban J connectivity index is 1.84. The molecule has 1 aliphatic rings. The summed E-state index contributed by atoms with van der Waals surface area (Å²) in [4.78, 5) is 106. The summed E-state index contributed by atoms with van der Waals surface area (Å²) in [5, 5.41) is 52.4. The monoisotopic (exact) mass is 1030 g/mol. The van der Waals surface area contributed by atoms with Gasteiger partial charge in [0.2, 0.25) is 23.6 Å². The van der Waals surface area contributed by atoms with Crippen molar-refractivity contribution in [1.82, 2.24) is 36.0 Å². The Morgan fingerprint density at radius 2 is 1.22 bits per heavy atom. The second-order valence-electron chi connectivity index (χ2n) is 17.8. The molecular weight excluding hydrogens is 961 g/mol. The van der Waals surface area contributed by atoms with Crippen LogP contribution in [-0.2, 0) is 51.0 Å². The summed E-state index contributed by atoms with van der Waals surface area (Å²) in [7, 11) is 0. The predicted molar refractivity (Wildman–Crippen MR) is 252 cm³/mol. The Bertz CT molecular complexity index is 1950. The zero-order valence-corrected chi connectivity index (χ0v) is 40.5. The number of nitrogens with one attached hydrogen (secondary N) is 4. The molecule has 3 atom stereocenters. The summed E-state index contributed by atoms with van der Waals surface area (Å²) in [6, 6.07) is 0.0971. The SMILES string of the molecule is [N-]=[N+]=NCCCC[C@H](NC(=O)CN1CCC(CC(=O)O)CCN(CC(=O)O)CCN(CC(=O)O)CC1)C(=O)NCCCCCC(=O)N[C@@H](CCCCNC(=O)CCCc1ccc(C(F)(F)F)cc1F)C(=O)O. The molecule has 0 spiro atoms. The summed E-state index contributed by atoms with van der Waals surface area (Å²) in [5.41, 5.74) is 7.60. The van der Waals surface area contributed by atoms with Crippen LogP contribution < -0.4 is 21.3 Å². The maximum Gasteiger partial charge on any atom is 0.416 e. The number of aryl methyl sites for hydroxylation is 1. The van der Waals surface area contributed by atoms with E-state index in [0.717, 1.165) is 12.1 Å². The van der Waals surface area contributed by atoms with Gasteiger partial charge in [-0.2, -0.15) is 13.2 Å². The van der Waals surface area contributed by atoms with Gasteiger partial charge in [0.1, 0.15) is 17.9 Å². The van der Waals surface area contributed by atoms with Crippen LogP contribution in [0.3, 0.4) is 0 Å². The highest BCUT2D eigenvalue weighted by molar-refractivity contribution is 5.88. The Morgan fingerprint density at radius 3 is 1.81 bits per heavy atom. The summed E-state index contributed by atoms with van der Waals surface area (Å²) >= 11 is 0. The minimum Gasteiger partial charge on any atom is -0.481 e. The molecule has 26 heteroatoms. The lowest BCUT2D eigenvalue weighted by molar-refractivity contribution is -0.142. The van der Waals surface area contributed by atoms with Crippen LogP contribution in [-0.4, -0.2) is 173 Å². The van der Waals surface area contributed by atoms with Crippen LogP contribution in [0.5, 0.6) is 0 Å². The van der Waals surface area contributed by atoms with Crippen molar-refractivity contribution in [2.75, 3.05) is 78.5 Å². The molecule has 72 heavy (non-hydrogen) atoms. The lowest BCUT2D eigenvalue weighted by Crippen LogP contribution is -2.51. The van der Waals surface area contributed by atoms with Gasteiger partial charge in [0, 0.05) is 70.0 Å². The zero-order chi connectivity index (χ0) is 53.5. The van der Waals surface area contributed by atoms with Gasteiger partial charge in [0.05, 0.1) is 25.2 Å². The molecule has 1 aliphatic heterocycles. The van der Waals surface area contributed by atoms with E-state index in [9.17, 15) is 76.3 Å². The van der Waals surface area contributed by atoms with Crippen molar-refractivity contribution < 1.29 is 76.3 Å². The highest BCUT2D eigenvalue weighted by atomic mass is 19.4. The molecule has 1 saturated heterocycles. The summed E-state index contributed by atoms with van der Waals surface area (Å²) in [6.07, 6.45) is -0.631. The van der Waals surface area contributed by atoms with Gasteiger partial charge in [-0.25, -0.2) is 9.18 Å². The number of amides is 4. The van der Waals surface area contributed by atoms with Gasteiger partial charge in [-0.1, -0.05) is 24.0 Å². The molecule has 1 unspecified atom stereocenters. The minimum atomic E-state index is -4.67. The fraction of sp³-hybridized carbons (Fsp3) is 0.696. The number of carboxylic acids is 4. The lowest BCUT2D eigenvalue weighted by atomic mass is 9.96. The Hall–Kier alpha value is -6.11. The van der Waals surface area contributed by atoms with E-state index in [1.54, 1.807) is 14.7 Å². The van der Waals surface area contributed by atoms with Crippen LogP contribution in [0.4, 0.5) is 17.6 Å². The van der Waals surface area contributed by atoms with Crippen molar-refractivity contribution in [3.05, 3.63) is 45.6 Å². The van der Waals surface area contributed by atoms with Gasteiger partial charge in [0.25, 0.3) is 0 Å². The molecule has 1 aromatic rings. The molecule has 0 radical (unpaired) electrons. The molecule has 0 bridgehead atoms. The highest BCUT2D eigenvalue weighted by Crippen LogP contribution is 2.30. The second kappa shape index (κ2) is 34.3. The van der Waals surface area contributed by atoms with Crippen molar-refractivity contribution in [3.8, 4) is 0 Å². The normalized spacial score (nSPS) is 16.1. The Kier molecular flexibility index (Phi) is 29.5. The largest absolute Gasteiger partial charge is 0.481 e. The fourth-order valence-electron chi connectivity index (χ4n) is 7.97. The molecule has 1 heterocycles. The summed E-state index contributed by atoms with van der Waals surface area (Å²) in [6.45, 7) is 1.18. The van der Waals surface area contributed by atoms with Gasteiger partial charge in [0.15, 0.2) is 0 Å². The van der Waals surface area contributed by atoms with E-state index in [4.69, 9.17) is 5.53 Å². The summed E-state index contributed by atoms with van der Waals surface area (Å²) < 4.78 is 52.4. The third-order valence-corrected chi connectivity index (χ3v) is 11.9. The topological polar surface area (TPSA) is 324 Å². The first-order valence-corrected chi connectivity index (χ1v) is 24.2. The highest BCUT2D eigenvalue weighted by Gasteiger charge is 2.31. The number of azide groups is 1. The van der Waals surface area contributed by atoms with Crippen LogP contribution in [0.25, 0.3) is 10.4 Å². The Morgan fingerprint density at radius 1 is 0.667 bits per heavy atom. The number of alkyl halides is 3. The fourth-order valence-corrected chi connectivity index (χ4v) is 7.97. The van der Waals surface area contributed by atoms with Crippen LogP contribution in [0, 0.1) is 11.7 Å². The van der Waals surface area contributed by atoms with Crippen LogP contribution in [0.2, 0.25) is 0 Å². The number of aliphatic carboxylic acids is 4. The Labute approximate surface area is 415 Å². The minimum absolute atomic E-state index is 0.00353. The van der Waals surface area contributed by atoms with E-state index in [-0.39, 0.29) is 141 Å². The van der Waals surface area contributed by atoms with Gasteiger partial charge in [-0.3, -0.25) is 48.3 Å². The van der Waals surface area contributed by atoms with E-state index in [2.05, 4.69) is 31.3 Å². The molecule has 1 fully saturated rings. The van der Waals surface area contributed by atoms with Gasteiger partial charge >= 0.3 is 30.1 Å². The first kappa shape index (κ1) is 62.0. The number of rotatable bonds is 32. The van der Waals surface area contributed by atoms with Gasteiger partial charge in [-0.05, 0) is 113 Å². The van der Waals surface area contributed by atoms with Crippen molar-refractivity contribution in [3.63, 3.8) is 0 Å². The number of nitrogens with zero attached hydrogens (tertiary/aromatic N) is 6. The second-order valence-corrected chi connectivity index (χ2v) is 17.8. The van der Waals surface area contributed by atoms with E-state index in [1.807, 2.05) is 0 Å². The summed E-state index contributed by atoms with van der Waals surface area (Å²) in [5.74, 6) is -7.59. The van der Waals surface area contributed by atoms with Gasteiger partial charge < -0.3 is 41.7 Å². The van der Waals surface area contributed by atoms with Crippen LogP contribution in [0.15, 0.2) is 23.3 Å². The average molecular weight is 1030 g/mol. The van der Waals surface area contributed by atoms with Gasteiger partial charge in [-0.15, -0.1) is 0 Å². The number of benzene rings is 1. The molecule has 1 aromatic carbocycles. The molecule has 0 saturated carbocycles. The van der Waals surface area contributed by atoms with E-state index in [1.165, 1.54) is 0 Å². The first-order chi connectivity index (χ1) is 34.2. The molecule has 22 nitrogen and oxygen atoms in total. The number of carboxylic acid groups (broad SMARTS) is 4. The molecule has 404 valence electrons. The van der Waals surface area contributed by atoms with Crippen LogP contribution >= 0.6 is 0 Å². The lowest BCUT2D eigenvalue weighted by Gasteiger charge is -2.32. The number of unbranched alkanes of at least 4 members (excludes halogenated alkanes) is 4. The van der Waals surface area contributed by atoms with E-state index >= 15 is 0 Å². The first-order valence-electron chi connectivity index (χ1n) is 24.2. The quantitative estimate of drug-likeness (QED) is 0.0168. The molecule has 2 rings (SSSR count). The maximum absolute atomic E-state index is 14.1. The molecule has 4 amide bonds. The smallest absolute Gasteiger partial charge is 0.416 e. The van der Waals surface area contributed by atoms with Crippen LogP contribution in [0.1, 0.15) is 107 Å². The van der Waals surface area contributed by atoms with Crippen molar-refractivity contribution in [2.24, 2.45) is 11.0 Å². The van der Waals surface area contributed by atoms with Crippen molar-refractivity contribution in [1.29, 1.82) is 0 Å². The standard InChI is InChI=1S/C46H70F4N10O12/c47-35-28-34(46(48,49)50)15-14-33(35)9-8-13-38(61)52-18-6-3-11-37(45(71)72)56-39(62)12-2-1-5-19-53-44(70)36(10-4-7-20-54-57-51)55-40(63)29-58-21-16-32(27-41(64)65)17-22-59(30-42(66)67)24-26-60(25-23-58)31-43(68)69/h14-15,28,32,36-37H,1-13,16-27,29-31H2,(H,52,61)(H,53,70)(H,55,63)(H,56,62)(H,64,65)(H,66,67)(H,68,69)(H,71,72)/t32?,36-,37-/m0/s1. The van der Waals surface area contributed by atoms with Crippen molar-refractivity contribution >= 4 is 47.5 Å². The van der Waals surface area contributed by atoms with E-state index < -0.39 is 71.2 Å². The number of halogens is 4. The number of hydrogen-bond donors (Lipinski definition) is 8. The molecule has 0 aliphatic carbocycles. The average Bonchev–Trinajstić information content (AvgIpc) is 3.29. The number of carbonyl (C=O) groups is 8. The molecule has 8 N–H and O–H groups in total.